The number of pyridine rings is 1. The van der Waals surface area contributed by atoms with Gasteiger partial charge in [0.1, 0.15) is 0 Å². The zero-order valence-electron chi connectivity index (χ0n) is 9.94. The Hall–Kier alpha value is -1.84. The summed E-state index contributed by atoms with van der Waals surface area (Å²) >= 11 is 0. The molecule has 0 radical (unpaired) electrons. The van der Waals surface area contributed by atoms with Crippen LogP contribution in [0.3, 0.4) is 0 Å². The first-order valence-corrected chi connectivity index (χ1v) is 5.86. The van der Waals surface area contributed by atoms with Crippen LogP contribution in [-0.2, 0) is 6.54 Å². The van der Waals surface area contributed by atoms with Gasteiger partial charge in [-0.3, -0.25) is 4.98 Å². The Morgan fingerprint density at radius 3 is 3.00 bits per heavy atom. The Bertz CT molecular complexity index is 410. The molecule has 2 rings (SSSR count). The van der Waals surface area contributed by atoms with Gasteiger partial charge in [0.15, 0.2) is 0 Å². The van der Waals surface area contributed by atoms with Gasteiger partial charge in [-0.05, 0) is 37.8 Å². The van der Waals surface area contributed by atoms with Crippen LogP contribution < -0.4 is 10.6 Å². The summed E-state index contributed by atoms with van der Waals surface area (Å²) in [6.45, 7) is 2.50. The lowest BCUT2D eigenvalue weighted by molar-refractivity contribution is 0.243. The highest BCUT2D eigenvalue weighted by Gasteiger charge is 2.22. The molecule has 0 bridgehead atoms. The van der Waals surface area contributed by atoms with E-state index in [0.29, 0.717) is 12.5 Å². The molecule has 90 valence electrons. The molecule has 2 amide bonds. The number of allylic oxidation sites excluding steroid dienone is 1. The van der Waals surface area contributed by atoms with Gasteiger partial charge in [-0.2, -0.15) is 0 Å². The predicted octanol–water partition coefficient (Wildman–Crippen LogP) is 2.19. The van der Waals surface area contributed by atoms with Crippen LogP contribution in [0, 0.1) is 5.92 Å². The minimum absolute atomic E-state index is 0.185. The van der Waals surface area contributed by atoms with E-state index in [2.05, 4.69) is 22.5 Å². The van der Waals surface area contributed by atoms with Crippen LogP contribution in [0.1, 0.15) is 25.5 Å². The number of amides is 2. The van der Waals surface area contributed by atoms with Crippen molar-refractivity contribution in [3.63, 3.8) is 0 Å². The van der Waals surface area contributed by atoms with Gasteiger partial charge >= 0.3 is 6.03 Å². The van der Waals surface area contributed by atoms with Crippen molar-refractivity contribution in [3.05, 3.63) is 41.9 Å². The van der Waals surface area contributed by atoms with E-state index in [0.717, 1.165) is 5.69 Å². The molecule has 4 heteroatoms. The Morgan fingerprint density at radius 1 is 1.53 bits per heavy atom. The predicted molar refractivity (Wildman–Crippen MR) is 66.1 cm³/mol. The van der Waals surface area contributed by atoms with E-state index < -0.39 is 0 Å². The van der Waals surface area contributed by atoms with Gasteiger partial charge in [0.2, 0.25) is 0 Å². The molecule has 1 heterocycles. The van der Waals surface area contributed by atoms with Gasteiger partial charge < -0.3 is 10.6 Å². The molecule has 1 saturated carbocycles. The fourth-order valence-electron chi connectivity index (χ4n) is 1.56. The molecule has 1 aliphatic carbocycles. The van der Waals surface area contributed by atoms with Gasteiger partial charge in [-0.1, -0.05) is 11.6 Å². The van der Waals surface area contributed by atoms with E-state index in [1.165, 1.54) is 18.4 Å². The van der Waals surface area contributed by atoms with Crippen LogP contribution in [-0.4, -0.2) is 11.0 Å². The van der Waals surface area contributed by atoms with Crippen molar-refractivity contribution in [2.45, 2.75) is 26.3 Å². The van der Waals surface area contributed by atoms with Crippen LogP contribution in [0.25, 0.3) is 0 Å². The third kappa shape index (κ3) is 3.90. The first-order valence-electron chi connectivity index (χ1n) is 5.86. The van der Waals surface area contributed by atoms with E-state index in [1.807, 2.05) is 18.2 Å². The largest absolute Gasteiger partial charge is 0.332 e. The van der Waals surface area contributed by atoms with Crippen molar-refractivity contribution < 1.29 is 4.79 Å². The van der Waals surface area contributed by atoms with Crippen LogP contribution in [0.15, 0.2) is 36.2 Å². The molecule has 2 N–H and O–H groups in total. The van der Waals surface area contributed by atoms with Gasteiger partial charge in [0.05, 0.1) is 12.2 Å². The average molecular weight is 231 g/mol. The highest BCUT2D eigenvalue weighted by atomic mass is 16.2. The minimum Gasteiger partial charge on any atom is -0.332 e. The van der Waals surface area contributed by atoms with Crippen molar-refractivity contribution in [3.8, 4) is 0 Å². The van der Waals surface area contributed by atoms with Crippen molar-refractivity contribution in [1.29, 1.82) is 0 Å². The monoisotopic (exact) mass is 231 g/mol. The highest BCUT2D eigenvalue weighted by molar-refractivity contribution is 5.74. The first kappa shape index (κ1) is 11.6. The smallest absolute Gasteiger partial charge is 0.319 e. The van der Waals surface area contributed by atoms with Gasteiger partial charge in [-0.25, -0.2) is 4.79 Å². The van der Waals surface area contributed by atoms with Crippen molar-refractivity contribution >= 4 is 6.03 Å². The zero-order chi connectivity index (χ0) is 12.1. The molecule has 0 atom stereocenters. The van der Waals surface area contributed by atoms with E-state index in [4.69, 9.17) is 0 Å². The summed E-state index contributed by atoms with van der Waals surface area (Å²) in [5, 5.41) is 5.49. The number of hydrogen-bond acceptors (Lipinski definition) is 2. The average Bonchev–Trinajstić information content (AvgIpc) is 3.19. The highest BCUT2D eigenvalue weighted by Crippen LogP contribution is 2.35. The van der Waals surface area contributed by atoms with Gasteiger partial charge in [0.25, 0.3) is 0 Å². The molecule has 1 aromatic rings. The molecule has 0 unspecified atom stereocenters. The molecule has 4 nitrogen and oxygen atoms in total. The van der Waals surface area contributed by atoms with Crippen LogP contribution in [0.4, 0.5) is 4.79 Å². The summed E-state index contributed by atoms with van der Waals surface area (Å²) in [5.41, 5.74) is 2.10. The normalized spacial score (nSPS) is 15.5. The topological polar surface area (TPSA) is 54.0 Å². The summed E-state index contributed by atoms with van der Waals surface area (Å²) in [5.74, 6) is 0.686. The lowest BCUT2D eigenvalue weighted by atomic mass is 10.2. The standard InChI is InChI=1S/C13H17N3O/c1-10(11-5-6-11)8-15-13(17)16-9-12-4-2-3-7-14-12/h2-4,7-8,11H,5-6,9H2,1H3,(H2,15,16,17)/b10-8+. The van der Waals surface area contributed by atoms with E-state index >= 15 is 0 Å². The molecule has 0 aliphatic heterocycles. The van der Waals surface area contributed by atoms with Crippen LogP contribution in [0.2, 0.25) is 0 Å². The number of urea groups is 1. The Balaban J connectivity index is 1.72. The molecule has 0 saturated heterocycles. The number of carbonyl (C=O) groups excluding carboxylic acids is 1. The molecule has 1 fully saturated rings. The number of nitrogens with one attached hydrogen (secondary N) is 2. The number of rotatable bonds is 4. The molecular formula is C13H17N3O. The number of aromatic nitrogens is 1. The Morgan fingerprint density at radius 2 is 2.35 bits per heavy atom. The Kier molecular flexibility index (Phi) is 3.75. The second kappa shape index (κ2) is 5.48. The van der Waals surface area contributed by atoms with Crippen molar-refractivity contribution in [1.82, 2.24) is 15.6 Å². The maximum Gasteiger partial charge on any atom is 0.319 e. The number of hydrogen-bond donors (Lipinski definition) is 2. The molecule has 0 spiro atoms. The second-order valence-electron chi connectivity index (χ2n) is 4.31. The third-order valence-corrected chi connectivity index (χ3v) is 2.81. The summed E-state index contributed by atoms with van der Waals surface area (Å²) in [7, 11) is 0. The van der Waals surface area contributed by atoms with Gasteiger partial charge in [-0.15, -0.1) is 0 Å². The minimum atomic E-state index is -0.185. The number of nitrogens with zero attached hydrogens (tertiary/aromatic N) is 1. The Labute approximate surface area is 101 Å². The number of carbonyl (C=O) groups is 1. The van der Waals surface area contributed by atoms with Crippen LogP contribution >= 0.6 is 0 Å². The van der Waals surface area contributed by atoms with Crippen LogP contribution in [0.5, 0.6) is 0 Å². The van der Waals surface area contributed by atoms with Crippen molar-refractivity contribution in [2.75, 3.05) is 0 Å². The molecule has 1 aromatic heterocycles. The summed E-state index contributed by atoms with van der Waals surface area (Å²) in [6, 6.07) is 5.45. The maximum absolute atomic E-state index is 11.5. The first-order chi connectivity index (χ1) is 8.25. The quantitative estimate of drug-likeness (QED) is 0.834. The summed E-state index contributed by atoms with van der Waals surface area (Å²) in [4.78, 5) is 15.6. The van der Waals surface area contributed by atoms with E-state index in [-0.39, 0.29) is 6.03 Å². The molecule has 0 aromatic carbocycles. The zero-order valence-corrected chi connectivity index (χ0v) is 9.94. The fraction of sp³-hybridized carbons (Fsp3) is 0.385. The third-order valence-electron chi connectivity index (χ3n) is 2.81. The second-order valence-corrected chi connectivity index (χ2v) is 4.31. The summed E-state index contributed by atoms with van der Waals surface area (Å²) < 4.78 is 0. The SMILES string of the molecule is C/C(=C\NC(=O)NCc1ccccn1)C1CC1. The molecule has 17 heavy (non-hydrogen) atoms. The van der Waals surface area contributed by atoms with E-state index in [9.17, 15) is 4.79 Å². The lowest BCUT2D eigenvalue weighted by Crippen LogP contribution is -2.32. The summed E-state index contributed by atoms with van der Waals surface area (Å²) in [6.07, 6.45) is 6.01. The maximum atomic E-state index is 11.5. The fourth-order valence-corrected chi connectivity index (χ4v) is 1.56. The molecular weight excluding hydrogens is 214 g/mol. The van der Waals surface area contributed by atoms with E-state index in [1.54, 1.807) is 12.4 Å². The lowest BCUT2D eigenvalue weighted by Gasteiger charge is -2.05. The van der Waals surface area contributed by atoms with Crippen molar-refractivity contribution in [2.24, 2.45) is 5.92 Å². The van der Waals surface area contributed by atoms with Gasteiger partial charge in [0, 0.05) is 12.4 Å². The molecule has 1 aliphatic rings.